The van der Waals surface area contributed by atoms with E-state index in [2.05, 4.69) is 9.84 Å². The van der Waals surface area contributed by atoms with E-state index in [1.165, 1.54) is 19.4 Å². The van der Waals surface area contributed by atoms with Crippen molar-refractivity contribution in [3.05, 3.63) is 75.5 Å². The molecule has 1 aromatic carbocycles. The summed E-state index contributed by atoms with van der Waals surface area (Å²) in [5, 5.41) is 4.54. The van der Waals surface area contributed by atoms with Gasteiger partial charge in [-0.2, -0.15) is 5.10 Å². The van der Waals surface area contributed by atoms with Crippen molar-refractivity contribution in [1.82, 2.24) is 9.78 Å². The van der Waals surface area contributed by atoms with E-state index >= 15 is 0 Å². The van der Waals surface area contributed by atoms with Crippen LogP contribution >= 0.6 is 11.6 Å². The second-order valence-electron chi connectivity index (χ2n) is 6.24. The number of rotatable bonds is 6. The van der Waals surface area contributed by atoms with E-state index in [4.69, 9.17) is 20.8 Å². The van der Waals surface area contributed by atoms with E-state index in [-0.39, 0.29) is 23.1 Å². The highest BCUT2D eigenvalue weighted by Crippen LogP contribution is 2.23. The second-order valence-corrected chi connectivity index (χ2v) is 6.60. The molecule has 3 rings (SSSR count). The van der Waals surface area contributed by atoms with Crippen LogP contribution in [-0.2, 0) is 22.6 Å². The first-order valence-electron chi connectivity index (χ1n) is 8.51. The molecule has 3 aromatic rings. The summed E-state index contributed by atoms with van der Waals surface area (Å²) in [6, 6.07) is 9.49. The summed E-state index contributed by atoms with van der Waals surface area (Å²) in [6.45, 7) is 3.97. The number of hydrogen-bond donors (Lipinski definition) is 0. The number of furan rings is 1. The highest BCUT2D eigenvalue weighted by molar-refractivity contribution is 6.32. The van der Waals surface area contributed by atoms with Crippen molar-refractivity contribution in [2.24, 2.45) is 0 Å². The molecule has 0 aliphatic rings. The van der Waals surface area contributed by atoms with Crippen LogP contribution in [0.3, 0.4) is 0 Å². The fourth-order valence-electron chi connectivity index (χ4n) is 2.69. The molecular weight excluding hydrogens is 384 g/mol. The molecule has 0 aliphatic carbocycles. The predicted molar refractivity (Wildman–Crippen MR) is 101 cm³/mol. The van der Waals surface area contributed by atoms with Gasteiger partial charge in [-0.3, -0.25) is 0 Å². The molecule has 28 heavy (non-hydrogen) atoms. The van der Waals surface area contributed by atoms with Crippen LogP contribution in [-0.4, -0.2) is 28.8 Å². The molecule has 0 fully saturated rings. The summed E-state index contributed by atoms with van der Waals surface area (Å²) in [7, 11) is 1.24. The maximum Gasteiger partial charge on any atom is 0.374 e. The summed E-state index contributed by atoms with van der Waals surface area (Å²) < 4.78 is 16.6. The average Bonchev–Trinajstić information content (AvgIpc) is 3.25. The monoisotopic (exact) mass is 402 g/mol. The third-order valence-electron chi connectivity index (χ3n) is 4.20. The Bertz CT molecular complexity index is 1000. The molecule has 0 aliphatic heterocycles. The molecule has 0 bridgehead atoms. The Balaban J connectivity index is 1.74. The molecule has 2 heterocycles. The smallest absolute Gasteiger partial charge is 0.374 e. The highest BCUT2D eigenvalue weighted by Gasteiger charge is 2.23. The number of carbonyl (C=O) groups excluding carboxylic acids is 2. The SMILES string of the molecule is COC(=O)c1occc1COC(=O)c1c(C)nn(Cc2ccc(C)cc2)c1Cl. The zero-order valence-corrected chi connectivity index (χ0v) is 16.4. The number of hydrogen-bond acceptors (Lipinski definition) is 6. The minimum Gasteiger partial charge on any atom is -0.463 e. The Kier molecular flexibility index (Phi) is 5.84. The van der Waals surface area contributed by atoms with Gasteiger partial charge < -0.3 is 13.9 Å². The van der Waals surface area contributed by atoms with Gasteiger partial charge in [-0.15, -0.1) is 0 Å². The Morgan fingerprint density at radius 1 is 1.14 bits per heavy atom. The molecule has 7 nitrogen and oxygen atoms in total. The van der Waals surface area contributed by atoms with Gasteiger partial charge in [0.25, 0.3) is 0 Å². The lowest BCUT2D eigenvalue weighted by Gasteiger charge is -2.06. The summed E-state index contributed by atoms with van der Waals surface area (Å²) in [5.41, 5.74) is 3.22. The van der Waals surface area contributed by atoms with Gasteiger partial charge >= 0.3 is 11.9 Å². The Hall–Kier alpha value is -3.06. The van der Waals surface area contributed by atoms with E-state index in [0.29, 0.717) is 17.8 Å². The standard InChI is InChI=1S/C20H19ClN2O5/c1-12-4-6-14(7-5-12)10-23-18(21)16(13(2)22-23)19(24)28-11-15-8-9-27-17(15)20(25)26-3/h4-9H,10-11H2,1-3H3. The van der Waals surface area contributed by atoms with Crippen molar-refractivity contribution >= 4 is 23.5 Å². The van der Waals surface area contributed by atoms with Gasteiger partial charge in [0.15, 0.2) is 0 Å². The molecule has 0 atom stereocenters. The number of nitrogens with zero attached hydrogens (tertiary/aromatic N) is 2. The fraction of sp³-hybridized carbons (Fsp3) is 0.250. The van der Waals surface area contributed by atoms with Crippen LogP contribution in [0.15, 0.2) is 41.0 Å². The van der Waals surface area contributed by atoms with Crippen molar-refractivity contribution in [2.75, 3.05) is 7.11 Å². The van der Waals surface area contributed by atoms with Crippen molar-refractivity contribution in [2.45, 2.75) is 27.0 Å². The minimum atomic E-state index is -0.642. The lowest BCUT2D eigenvalue weighted by atomic mass is 10.1. The molecule has 0 saturated heterocycles. The van der Waals surface area contributed by atoms with Gasteiger partial charge in [-0.05, 0) is 25.5 Å². The lowest BCUT2D eigenvalue weighted by molar-refractivity contribution is 0.0453. The molecule has 8 heteroatoms. The first-order chi connectivity index (χ1) is 13.4. The maximum atomic E-state index is 12.5. The summed E-state index contributed by atoms with van der Waals surface area (Å²) >= 11 is 6.38. The summed E-state index contributed by atoms with van der Waals surface area (Å²) in [4.78, 5) is 24.2. The quantitative estimate of drug-likeness (QED) is 0.581. The van der Waals surface area contributed by atoms with Gasteiger partial charge in [0.1, 0.15) is 17.3 Å². The van der Waals surface area contributed by atoms with E-state index in [9.17, 15) is 9.59 Å². The molecule has 0 saturated carbocycles. The number of esters is 2. The number of methoxy groups -OCH3 is 1. The molecule has 0 N–H and O–H groups in total. The number of halogens is 1. The largest absolute Gasteiger partial charge is 0.463 e. The fourth-order valence-corrected chi connectivity index (χ4v) is 3.00. The molecule has 146 valence electrons. The zero-order chi connectivity index (χ0) is 20.3. The highest BCUT2D eigenvalue weighted by atomic mass is 35.5. The van der Waals surface area contributed by atoms with Crippen molar-refractivity contribution in [1.29, 1.82) is 0 Å². The Morgan fingerprint density at radius 3 is 2.54 bits per heavy atom. The van der Waals surface area contributed by atoms with Crippen molar-refractivity contribution in [3.63, 3.8) is 0 Å². The first-order valence-corrected chi connectivity index (χ1v) is 8.88. The Labute approximate surface area is 166 Å². The van der Waals surface area contributed by atoms with E-state index in [1.54, 1.807) is 11.6 Å². The van der Waals surface area contributed by atoms with Crippen LogP contribution in [0, 0.1) is 13.8 Å². The molecule has 0 radical (unpaired) electrons. The molecule has 0 spiro atoms. The normalized spacial score (nSPS) is 10.7. The average molecular weight is 403 g/mol. The van der Waals surface area contributed by atoms with Gasteiger partial charge in [0, 0.05) is 5.56 Å². The number of benzene rings is 1. The van der Waals surface area contributed by atoms with Gasteiger partial charge in [-0.1, -0.05) is 41.4 Å². The van der Waals surface area contributed by atoms with Crippen molar-refractivity contribution < 1.29 is 23.5 Å². The number of ether oxygens (including phenoxy) is 2. The first kappa shape index (κ1) is 19.7. The molecule has 0 amide bonds. The van der Waals surface area contributed by atoms with E-state index < -0.39 is 11.9 Å². The topological polar surface area (TPSA) is 83.6 Å². The van der Waals surface area contributed by atoms with Gasteiger partial charge in [0.05, 0.1) is 25.6 Å². The predicted octanol–water partition coefficient (Wildman–Crippen LogP) is 3.94. The van der Waals surface area contributed by atoms with Crippen LogP contribution in [0.2, 0.25) is 5.15 Å². The van der Waals surface area contributed by atoms with Crippen LogP contribution in [0.4, 0.5) is 0 Å². The van der Waals surface area contributed by atoms with Crippen molar-refractivity contribution in [3.8, 4) is 0 Å². The third kappa shape index (κ3) is 4.09. The lowest BCUT2D eigenvalue weighted by Crippen LogP contribution is -2.09. The van der Waals surface area contributed by atoms with Gasteiger partial charge in [-0.25, -0.2) is 14.3 Å². The Morgan fingerprint density at radius 2 is 1.86 bits per heavy atom. The number of aryl methyl sites for hydroxylation is 2. The van der Waals surface area contributed by atoms with Crippen LogP contribution in [0.5, 0.6) is 0 Å². The maximum absolute atomic E-state index is 12.5. The number of aromatic nitrogens is 2. The number of carbonyl (C=O) groups is 2. The summed E-state index contributed by atoms with van der Waals surface area (Å²) in [5.74, 6) is -1.28. The molecular formula is C20H19ClN2O5. The third-order valence-corrected chi connectivity index (χ3v) is 4.58. The molecule has 0 unspecified atom stereocenters. The molecule has 2 aromatic heterocycles. The minimum absolute atomic E-state index is 0.00631. The van der Waals surface area contributed by atoms with Crippen LogP contribution in [0.25, 0.3) is 0 Å². The van der Waals surface area contributed by atoms with Gasteiger partial charge in [0.2, 0.25) is 5.76 Å². The van der Waals surface area contributed by atoms with E-state index in [1.807, 2.05) is 31.2 Å². The van der Waals surface area contributed by atoms with Crippen LogP contribution < -0.4 is 0 Å². The van der Waals surface area contributed by atoms with E-state index in [0.717, 1.165) is 11.1 Å². The zero-order valence-electron chi connectivity index (χ0n) is 15.7. The summed E-state index contributed by atoms with van der Waals surface area (Å²) in [6.07, 6.45) is 1.33. The second kappa shape index (κ2) is 8.31. The van der Waals surface area contributed by atoms with Crippen LogP contribution in [0.1, 0.15) is 43.3 Å².